The lowest BCUT2D eigenvalue weighted by Gasteiger charge is -2.04. The quantitative estimate of drug-likeness (QED) is 0.215. The molecule has 142 valence electrons. The second-order valence-corrected chi connectivity index (χ2v) is 7.18. The number of nitrogens with zero attached hydrogens (tertiary/aromatic N) is 1. The van der Waals surface area contributed by atoms with Gasteiger partial charge in [-0.1, -0.05) is 110 Å². The highest BCUT2D eigenvalue weighted by molar-refractivity contribution is 4.66. The number of ether oxygens (including phenoxy) is 1. The molecule has 0 atom stereocenters. The van der Waals surface area contributed by atoms with E-state index in [0.717, 1.165) is 13.0 Å². The maximum Gasteiger partial charge on any atom is 0.0645 e. The highest BCUT2D eigenvalue weighted by atomic mass is 16.5. The van der Waals surface area contributed by atoms with Crippen molar-refractivity contribution < 1.29 is 4.74 Å². The summed E-state index contributed by atoms with van der Waals surface area (Å²) in [5.74, 6) is 0. The van der Waals surface area contributed by atoms with E-state index in [1.807, 2.05) is 0 Å². The molecule has 0 bridgehead atoms. The van der Waals surface area contributed by atoms with Gasteiger partial charge in [-0.3, -0.25) is 0 Å². The van der Waals surface area contributed by atoms with Crippen molar-refractivity contribution in [3.63, 3.8) is 0 Å². The van der Waals surface area contributed by atoms with Crippen molar-refractivity contribution in [3.05, 3.63) is 0 Å². The normalized spacial score (nSPS) is 10.8. The van der Waals surface area contributed by atoms with Crippen LogP contribution in [-0.4, -0.2) is 13.2 Å². The fraction of sp³-hybridized carbons (Fsp3) is 0.955. The number of hydrogen-bond acceptors (Lipinski definition) is 2. The minimum Gasteiger partial charge on any atom is -0.380 e. The zero-order valence-electron chi connectivity index (χ0n) is 16.5. The molecule has 0 saturated heterocycles. The fourth-order valence-electron chi connectivity index (χ4n) is 3.15. The first-order valence-electron chi connectivity index (χ1n) is 10.9. The van der Waals surface area contributed by atoms with Crippen LogP contribution in [0.5, 0.6) is 0 Å². The molecule has 24 heavy (non-hydrogen) atoms. The highest BCUT2D eigenvalue weighted by Gasteiger charge is 1.95. The predicted octanol–water partition coefficient (Wildman–Crippen LogP) is 7.57. The van der Waals surface area contributed by atoms with Gasteiger partial charge in [-0.15, -0.1) is 0 Å². The lowest BCUT2D eigenvalue weighted by Crippen LogP contribution is -1.95. The standard InChI is InChI=1S/C22H43NO/c1-2-3-4-5-6-7-8-9-10-11-12-13-14-15-16-17-18-21-24-22-19-20-23/h2-19,21-22H2,1H3. The van der Waals surface area contributed by atoms with Crippen molar-refractivity contribution in [2.75, 3.05) is 13.2 Å². The van der Waals surface area contributed by atoms with Gasteiger partial charge in [-0.25, -0.2) is 0 Å². The van der Waals surface area contributed by atoms with E-state index >= 15 is 0 Å². The summed E-state index contributed by atoms with van der Waals surface area (Å²) in [6.45, 7) is 3.73. The second kappa shape index (κ2) is 22.4. The molecular formula is C22H43NO. The van der Waals surface area contributed by atoms with Gasteiger partial charge in [0.15, 0.2) is 0 Å². The van der Waals surface area contributed by atoms with Gasteiger partial charge in [-0.2, -0.15) is 5.26 Å². The Morgan fingerprint density at radius 1 is 0.542 bits per heavy atom. The zero-order chi connectivity index (χ0) is 17.6. The van der Waals surface area contributed by atoms with Crippen molar-refractivity contribution in [1.29, 1.82) is 5.26 Å². The molecule has 0 rings (SSSR count). The van der Waals surface area contributed by atoms with Crippen LogP contribution in [0.1, 0.15) is 122 Å². The highest BCUT2D eigenvalue weighted by Crippen LogP contribution is 2.13. The molecule has 0 saturated carbocycles. The molecule has 0 aromatic heterocycles. The molecule has 0 aliphatic heterocycles. The predicted molar refractivity (Wildman–Crippen MR) is 105 cm³/mol. The van der Waals surface area contributed by atoms with Crippen molar-refractivity contribution in [2.45, 2.75) is 122 Å². The lowest BCUT2D eigenvalue weighted by atomic mass is 10.0. The molecule has 0 aliphatic carbocycles. The summed E-state index contributed by atoms with van der Waals surface area (Å²) < 4.78 is 5.38. The Morgan fingerprint density at radius 2 is 0.917 bits per heavy atom. The van der Waals surface area contributed by atoms with Crippen LogP contribution in [0.25, 0.3) is 0 Å². The first kappa shape index (κ1) is 23.4. The third-order valence-electron chi connectivity index (χ3n) is 4.75. The van der Waals surface area contributed by atoms with Crippen LogP contribution in [0.3, 0.4) is 0 Å². The monoisotopic (exact) mass is 337 g/mol. The average Bonchev–Trinajstić information content (AvgIpc) is 2.60. The molecule has 0 heterocycles. The van der Waals surface area contributed by atoms with E-state index in [-0.39, 0.29) is 0 Å². The summed E-state index contributed by atoms with van der Waals surface area (Å²) in [6.07, 6.45) is 24.4. The molecule has 2 nitrogen and oxygen atoms in total. The van der Waals surface area contributed by atoms with Crippen molar-refractivity contribution in [1.82, 2.24) is 0 Å². The first-order valence-corrected chi connectivity index (χ1v) is 10.9. The van der Waals surface area contributed by atoms with Gasteiger partial charge in [0.05, 0.1) is 19.1 Å². The van der Waals surface area contributed by atoms with Gasteiger partial charge in [-0.05, 0) is 6.42 Å². The Morgan fingerprint density at radius 3 is 1.29 bits per heavy atom. The van der Waals surface area contributed by atoms with Gasteiger partial charge in [0.2, 0.25) is 0 Å². The molecule has 0 amide bonds. The zero-order valence-corrected chi connectivity index (χ0v) is 16.5. The van der Waals surface area contributed by atoms with Gasteiger partial charge in [0.1, 0.15) is 0 Å². The van der Waals surface area contributed by atoms with Gasteiger partial charge < -0.3 is 4.74 Å². The summed E-state index contributed by atoms with van der Waals surface area (Å²) in [7, 11) is 0. The molecule has 0 spiro atoms. The minimum atomic E-state index is 0.527. The topological polar surface area (TPSA) is 33.0 Å². The van der Waals surface area contributed by atoms with Crippen LogP contribution in [0.2, 0.25) is 0 Å². The number of nitriles is 1. The fourth-order valence-corrected chi connectivity index (χ4v) is 3.15. The Kier molecular flexibility index (Phi) is 21.9. The first-order chi connectivity index (χ1) is 11.9. The molecule has 2 heteroatoms. The maximum atomic E-state index is 8.39. The number of unbranched alkanes of at least 4 members (excludes halogenated alkanes) is 16. The lowest BCUT2D eigenvalue weighted by molar-refractivity contribution is 0.135. The second-order valence-electron chi connectivity index (χ2n) is 7.18. The number of hydrogen-bond donors (Lipinski definition) is 0. The van der Waals surface area contributed by atoms with Crippen LogP contribution >= 0.6 is 0 Å². The van der Waals surface area contributed by atoms with Crippen LogP contribution < -0.4 is 0 Å². The number of rotatable bonds is 20. The summed E-state index contributed by atoms with van der Waals surface area (Å²) in [5, 5.41) is 8.39. The van der Waals surface area contributed by atoms with Gasteiger partial charge in [0.25, 0.3) is 0 Å². The molecule has 0 fully saturated rings. The molecule has 0 aromatic rings. The van der Waals surface area contributed by atoms with E-state index in [9.17, 15) is 0 Å². The smallest absolute Gasteiger partial charge is 0.0645 e. The molecule has 0 N–H and O–H groups in total. The van der Waals surface area contributed by atoms with Crippen LogP contribution in [0, 0.1) is 11.3 Å². The Hall–Kier alpha value is -0.550. The van der Waals surface area contributed by atoms with E-state index in [1.165, 1.54) is 103 Å². The maximum absolute atomic E-state index is 8.39. The Balaban J connectivity index is 2.94. The average molecular weight is 338 g/mol. The minimum absolute atomic E-state index is 0.527. The van der Waals surface area contributed by atoms with E-state index in [2.05, 4.69) is 13.0 Å². The molecule has 0 unspecified atom stereocenters. The SMILES string of the molecule is CCCCCCCCCCCCCCCCCCCOCCC#N. The van der Waals surface area contributed by atoms with E-state index < -0.39 is 0 Å². The van der Waals surface area contributed by atoms with E-state index in [0.29, 0.717) is 13.0 Å². The molecular weight excluding hydrogens is 294 g/mol. The van der Waals surface area contributed by atoms with Crippen molar-refractivity contribution in [3.8, 4) is 6.07 Å². The van der Waals surface area contributed by atoms with Gasteiger partial charge in [0, 0.05) is 6.61 Å². The van der Waals surface area contributed by atoms with E-state index in [4.69, 9.17) is 10.00 Å². The summed E-state index contributed by atoms with van der Waals surface area (Å²) in [4.78, 5) is 0. The molecule has 0 aliphatic rings. The van der Waals surface area contributed by atoms with Gasteiger partial charge >= 0.3 is 0 Å². The van der Waals surface area contributed by atoms with Crippen molar-refractivity contribution in [2.24, 2.45) is 0 Å². The summed E-state index contributed by atoms with van der Waals surface area (Å²) in [6, 6.07) is 2.10. The summed E-state index contributed by atoms with van der Waals surface area (Å²) >= 11 is 0. The Labute approximate surface area is 152 Å². The van der Waals surface area contributed by atoms with Crippen LogP contribution in [-0.2, 0) is 4.74 Å². The molecule has 0 aromatic carbocycles. The summed E-state index contributed by atoms with van der Waals surface area (Å²) in [5.41, 5.74) is 0. The third kappa shape index (κ3) is 21.4. The van der Waals surface area contributed by atoms with Crippen LogP contribution in [0.15, 0.2) is 0 Å². The largest absolute Gasteiger partial charge is 0.380 e. The molecule has 0 radical (unpaired) electrons. The van der Waals surface area contributed by atoms with E-state index in [1.54, 1.807) is 0 Å². The van der Waals surface area contributed by atoms with Crippen LogP contribution in [0.4, 0.5) is 0 Å². The third-order valence-corrected chi connectivity index (χ3v) is 4.75. The van der Waals surface area contributed by atoms with Crippen molar-refractivity contribution >= 4 is 0 Å². The Bertz CT molecular complexity index is 259.